The summed E-state index contributed by atoms with van der Waals surface area (Å²) in [7, 11) is 0. The van der Waals surface area contributed by atoms with Crippen LogP contribution in [0.25, 0.3) is 0 Å². The fourth-order valence-electron chi connectivity index (χ4n) is 2.45. The van der Waals surface area contributed by atoms with Crippen LogP contribution in [-0.2, 0) is 11.0 Å². The molecule has 0 bridgehead atoms. The quantitative estimate of drug-likeness (QED) is 0.392. The van der Waals surface area contributed by atoms with Crippen molar-refractivity contribution >= 4 is 29.1 Å². The number of alkyl halides is 6. The molecule has 0 radical (unpaired) electrons. The number of aliphatic carboxylic acids is 1. The lowest BCUT2D eigenvalue weighted by Gasteiger charge is -2.12. The number of carbonyl (C=O) groups excluding carboxylic acids is 1. The number of halogens is 6. The standard InChI is InChI=1S/C20H16F3N3O.C2HF3O2/c1-13-8-9-14(11-17(13)26-18-7-2-3-10-24-18)19(27)25-16-6-4-5-15(12-16)20(21,22)23;3-2(4,5)1(6)7/h2-12H,1H3,(H,24,26)(H,25,27);(H,6,7). The number of nitrogens with zero attached hydrogens (tertiary/aromatic N) is 1. The third-order valence-electron chi connectivity index (χ3n) is 4.12. The molecule has 1 aromatic heterocycles. The molecule has 3 N–H and O–H groups in total. The third kappa shape index (κ3) is 7.80. The van der Waals surface area contributed by atoms with E-state index in [0.717, 1.165) is 17.7 Å². The van der Waals surface area contributed by atoms with Crippen molar-refractivity contribution in [3.8, 4) is 0 Å². The first-order valence-corrected chi connectivity index (χ1v) is 9.35. The molecule has 0 saturated carbocycles. The number of carboxylic acid groups (broad SMARTS) is 1. The van der Waals surface area contributed by atoms with Crippen LogP contribution in [0, 0.1) is 6.92 Å². The van der Waals surface area contributed by atoms with Crippen molar-refractivity contribution in [1.29, 1.82) is 0 Å². The number of aromatic nitrogens is 1. The summed E-state index contributed by atoms with van der Waals surface area (Å²) in [5.74, 6) is -2.64. The Kier molecular flexibility index (Phi) is 8.22. The van der Waals surface area contributed by atoms with Gasteiger partial charge in [0.25, 0.3) is 5.91 Å². The van der Waals surface area contributed by atoms with Crippen LogP contribution in [0.3, 0.4) is 0 Å². The van der Waals surface area contributed by atoms with E-state index in [1.807, 2.05) is 13.0 Å². The molecule has 34 heavy (non-hydrogen) atoms. The average Bonchev–Trinajstić information content (AvgIpc) is 2.75. The molecule has 0 unspecified atom stereocenters. The van der Waals surface area contributed by atoms with Gasteiger partial charge in [0, 0.05) is 23.1 Å². The van der Waals surface area contributed by atoms with Gasteiger partial charge in [-0.25, -0.2) is 9.78 Å². The number of hydrogen-bond donors (Lipinski definition) is 3. The van der Waals surface area contributed by atoms with E-state index in [9.17, 15) is 31.1 Å². The first-order chi connectivity index (χ1) is 15.8. The minimum Gasteiger partial charge on any atom is -0.475 e. The number of anilines is 3. The van der Waals surface area contributed by atoms with Gasteiger partial charge in [0.2, 0.25) is 0 Å². The molecule has 0 fully saturated rings. The second-order valence-electron chi connectivity index (χ2n) is 6.71. The maximum absolute atomic E-state index is 12.8. The number of amides is 1. The molecule has 0 aliphatic heterocycles. The van der Waals surface area contributed by atoms with Gasteiger partial charge in [-0.1, -0.05) is 18.2 Å². The van der Waals surface area contributed by atoms with E-state index in [1.54, 1.807) is 36.5 Å². The SMILES string of the molecule is Cc1ccc(C(=O)Nc2cccc(C(F)(F)F)c2)cc1Nc1ccccn1.O=C(O)C(F)(F)F. The lowest BCUT2D eigenvalue weighted by atomic mass is 10.1. The zero-order valence-electron chi connectivity index (χ0n) is 17.3. The molecule has 3 aromatic rings. The molecule has 0 aliphatic carbocycles. The Morgan fingerprint density at radius 3 is 2.15 bits per heavy atom. The monoisotopic (exact) mass is 485 g/mol. The number of pyridine rings is 1. The van der Waals surface area contributed by atoms with Gasteiger partial charge in [-0.3, -0.25) is 4.79 Å². The van der Waals surface area contributed by atoms with E-state index >= 15 is 0 Å². The Morgan fingerprint density at radius 2 is 1.59 bits per heavy atom. The fourth-order valence-corrected chi connectivity index (χ4v) is 2.45. The van der Waals surface area contributed by atoms with Crippen LogP contribution >= 0.6 is 0 Å². The van der Waals surface area contributed by atoms with E-state index < -0.39 is 29.8 Å². The van der Waals surface area contributed by atoms with Crippen molar-refractivity contribution < 1.29 is 41.0 Å². The van der Waals surface area contributed by atoms with E-state index in [-0.39, 0.29) is 5.69 Å². The molecular formula is C22H17F6N3O3. The van der Waals surface area contributed by atoms with Crippen molar-refractivity contribution in [2.24, 2.45) is 0 Å². The smallest absolute Gasteiger partial charge is 0.475 e. The van der Waals surface area contributed by atoms with Crippen molar-refractivity contribution in [1.82, 2.24) is 4.98 Å². The van der Waals surface area contributed by atoms with Gasteiger partial charge in [0.15, 0.2) is 0 Å². The van der Waals surface area contributed by atoms with E-state index in [2.05, 4.69) is 15.6 Å². The minimum absolute atomic E-state index is 0.0784. The summed E-state index contributed by atoms with van der Waals surface area (Å²) in [6, 6.07) is 14.9. The minimum atomic E-state index is -5.08. The van der Waals surface area contributed by atoms with Crippen LogP contribution in [0.5, 0.6) is 0 Å². The summed E-state index contributed by atoms with van der Waals surface area (Å²) in [6.45, 7) is 1.87. The summed E-state index contributed by atoms with van der Waals surface area (Å²) in [4.78, 5) is 25.5. The van der Waals surface area contributed by atoms with Gasteiger partial charge >= 0.3 is 18.3 Å². The zero-order valence-corrected chi connectivity index (χ0v) is 17.3. The fraction of sp³-hybridized carbons (Fsp3) is 0.136. The Morgan fingerprint density at radius 1 is 0.912 bits per heavy atom. The van der Waals surface area contributed by atoms with Crippen LogP contribution in [-0.4, -0.2) is 28.1 Å². The zero-order chi connectivity index (χ0) is 25.5. The number of rotatable bonds is 4. The first-order valence-electron chi connectivity index (χ1n) is 9.35. The summed E-state index contributed by atoms with van der Waals surface area (Å²) in [5.41, 5.74) is 1.16. The highest BCUT2D eigenvalue weighted by Gasteiger charge is 2.38. The van der Waals surface area contributed by atoms with Crippen molar-refractivity contribution in [2.75, 3.05) is 10.6 Å². The normalized spacial score (nSPS) is 11.1. The second kappa shape index (κ2) is 10.7. The maximum atomic E-state index is 12.8. The van der Waals surface area contributed by atoms with Gasteiger partial charge in [0.1, 0.15) is 5.82 Å². The lowest BCUT2D eigenvalue weighted by Crippen LogP contribution is -2.21. The van der Waals surface area contributed by atoms with Gasteiger partial charge in [-0.15, -0.1) is 0 Å². The van der Waals surface area contributed by atoms with Crippen molar-refractivity contribution in [3.05, 3.63) is 83.6 Å². The summed E-state index contributed by atoms with van der Waals surface area (Å²) < 4.78 is 70.2. The molecular weight excluding hydrogens is 468 g/mol. The van der Waals surface area contributed by atoms with Crippen LogP contribution in [0.2, 0.25) is 0 Å². The van der Waals surface area contributed by atoms with Crippen molar-refractivity contribution in [2.45, 2.75) is 19.3 Å². The molecule has 0 spiro atoms. The second-order valence-corrected chi connectivity index (χ2v) is 6.71. The summed E-state index contributed by atoms with van der Waals surface area (Å²) in [6.07, 6.45) is -7.91. The van der Waals surface area contributed by atoms with E-state index in [4.69, 9.17) is 9.90 Å². The van der Waals surface area contributed by atoms with Crippen molar-refractivity contribution in [3.63, 3.8) is 0 Å². The highest BCUT2D eigenvalue weighted by Crippen LogP contribution is 2.31. The van der Waals surface area contributed by atoms with Crippen LogP contribution in [0.15, 0.2) is 66.9 Å². The highest BCUT2D eigenvalue weighted by molar-refractivity contribution is 6.05. The summed E-state index contributed by atoms with van der Waals surface area (Å²) >= 11 is 0. The Hall–Kier alpha value is -4.09. The van der Waals surface area contributed by atoms with E-state index in [1.165, 1.54) is 12.1 Å². The van der Waals surface area contributed by atoms with E-state index in [0.29, 0.717) is 17.1 Å². The number of carbonyl (C=O) groups is 2. The largest absolute Gasteiger partial charge is 0.490 e. The van der Waals surface area contributed by atoms with Crippen LogP contribution in [0.1, 0.15) is 21.5 Å². The van der Waals surface area contributed by atoms with Gasteiger partial charge in [-0.2, -0.15) is 26.3 Å². The van der Waals surface area contributed by atoms with Gasteiger partial charge < -0.3 is 15.7 Å². The van der Waals surface area contributed by atoms with Gasteiger partial charge in [-0.05, 0) is 55.0 Å². The lowest BCUT2D eigenvalue weighted by molar-refractivity contribution is -0.192. The van der Waals surface area contributed by atoms with Gasteiger partial charge in [0.05, 0.1) is 5.56 Å². The third-order valence-corrected chi connectivity index (χ3v) is 4.12. The Balaban J connectivity index is 0.000000509. The number of aryl methyl sites for hydroxylation is 1. The molecule has 6 nitrogen and oxygen atoms in total. The predicted molar refractivity (Wildman–Crippen MR) is 112 cm³/mol. The Labute approximate surface area is 189 Å². The molecule has 1 amide bonds. The average molecular weight is 485 g/mol. The maximum Gasteiger partial charge on any atom is 0.490 e. The molecule has 3 rings (SSSR count). The first kappa shape index (κ1) is 26.2. The molecule has 2 aromatic carbocycles. The number of hydrogen-bond acceptors (Lipinski definition) is 4. The number of carboxylic acids is 1. The molecule has 0 atom stereocenters. The summed E-state index contributed by atoms with van der Waals surface area (Å²) in [5, 5.41) is 12.7. The van der Waals surface area contributed by atoms with Crippen LogP contribution in [0.4, 0.5) is 43.5 Å². The molecule has 1 heterocycles. The topological polar surface area (TPSA) is 91.3 Å². The Bertz CT molecular complexity index is 1150. The highest BCUT2D eigenvalue weighted by atomic mass is 19.4. The molecule has 0 aliphatic rings. The number of nitrogens with one attached hydrogen (secondary N) is 2. The molecule has 0 saturated heterocycles. The molecule has 180 valence electrons. The van der Waals surface area contributed by atoms with Crippen LogP contribution < -0.4 is 10.6 Å². The molecule has 12 heteroatoms. The predicted octanol–water partition coefficient (Wildman–Crippen LogP) is 6.04. The number of benzene rings is 2.